The van der Waals surface area contributed by atoms with Crippen molar-refractivity contribution in [1.82, 2.24) is 5.32 Å². The third-order valence-corrected chi connectivity index (χ3v) is 2.85. The van der Waals surface area contributed by atoms with E-state index in [0.29, 0.717) is 11.6 Å². The first-order chi connectivity index (χ1) is 8.81. The lowest BCUT2D eigenvalue weighted by atomic mass is 10.1. The van der Waals surface area contributed by atoms with Crippen LogP contribution < -0.4 is 16.4 Å². The maximum Gasteiger partial charge on any atom is 0.319 e. The molecule has 0 fully saturated rings. The largest absolute Gasteiger partial charge is 0.366 e. The maximum atomic E-state index is 13.2. The third-order valence-electron chi connectivity index (χ3n) is 2.85. The van der Waals surface area contributed by atoms with Crippen LogP contribution >= 0.6 is 0 Å². The van der Waals surface area contributed by atoms with Gasteiger partial charge in [-0.15, -0.1) is 0 Å². The Bertz CT molecular complexity index is 489. The van der Waals surface area contributed by atoms with Crippen LogP contribution in [-0.4, -0.2) is 18.0 Å². The predicted octanol–water partition coefficient (Wildman–Crippen LogP) is 2.09. The Morgan fingerprint density at radius 1 is 1.26 bits per heavy atom. The standard InChI is InChI=1S/C13H18FN3O2/c1-7(2)8(3)16-13(19)17-9-4-5-11(14)10(6-9)12(15)18/h4-8H,1-3H3,(H2,15,18)(H2,16,17,19). The average Bonchev–Trinajstić information content (AvgIpc) is 2.30. The van der Waals surface area contributed by atoms with Gasteiger partial charge in [-0.2, -0.15) is 0 Å². The van der Waals surface area contributed by atoms with Crippen LogP contribution in [0.1, 0.15) is 31.1 Å². The first-order valence-corrected chi connectivity index (χ1v) is 5.98. The van der Waals surface area contributed by atoms with Crippen molar-refractivity contribution in [3.8, 4) is 0 Å². The predicted molar refractivity (Wildman–Crippen MR) is 71.4 cm³/mol. The molecule has 1 aromatic carbocycles. The van der Waals surface area contributed by atoms with E-state index in [9.17, 15) is 14.0 Å². The molecule has 0 aliphatic carbocycles. The van der Waals surface area contributed by atoms with E-state index in [4.69, 9.17) is 5.73 Å². The maximum absolute atomic E-state index is 13.2. The molecule has 1 aromatic rings. The summed E-state index contributed by atoms with van der Waals surface area (Å²) in [5, 5.41) is 5.26. The molecule has 0 aliphatic rings. The number of carbonyl (C=O) groups excluding carboxylic acids is 2. The van der Waals surface area contributed by atoms with E-state index in [1.165, 1.54) is 12.1 Å². The fourth-order valence-corrected chi connectivity index (χ4v) is 1.33. The number of rotatable bonds is 4. The highest BCUT2D eigenvalue weighted by Gasteiger charge is 2.13. The van der Waals surface area contributed by atoms with Crippen molar-refractivity contribution in [2.24, 2.45) is 11.7 Å². The summed E-state index contributed by atoms with van der Waals surface area (Å²) < 4.78 is 13.2. The second-order valence-electron chi connectivity index (χ2n) is 4.69. The minimum Gasteiger partial charge on any atom is -0.366 e. The van der Waals surface area contributed by atoms with Gasteiger partial charge in [0.25, 0.3) is 5.91 Å². The zero-order chi connectivity index (χ0) is 14.6. The summed E-state index contributed by atoms with van der Waals surface area (Å²) in [6.45, 7) is 5.84. The zero-order valence-electron chi connectivity index (χ0n) is 11.2. The number of primary amides is 1. The minimum atomic E-state index is -0.878. The summed E-state index contributed by atoms with van der Waals surface area (Å²) in [6.07, 6.45) is 0. The highest BCUT2D eigenvalue weighted by atomic mass is 19.1. The van der Waals surface area contributed by atoms with Gasteiger partial charge in [0.15, 0.2) is 0 Å². The zero-order valence-corrected chi connectivity index (χ0v) is 11.2. The molecule has 1 atom stereocenters. The number of halogens is 1. The van der Waals surface area contributed by atoms with Crippen molar-refractivity contribution in [2.45, 2.75) is 26.8 Å². The molecular formula is C13H18FN3O2. The Hall–Kier alpha value is -2.11. The number of hydrogen-bond donors (Lipinski definition) is 3. The molecule has 0 aromatic heterocycles. The van der Waals surface area contributed by atoms with Crippen molar-refractivity contribution in [3.63, 3.8) is 0 Å². The van der Waals surface area contributed by atoms with Crippen molar-refractivity contribution < 1.29 is 14.0 Å². The summed E-state index contributed by atoms with van der Waals surface area (Å²) in [5.41, 5.74) is 5.08. The molecule has 4 N–H and O–H groups in total. The first-order valence-electron chi connectivity index (χ1n) is 5.98. The van der Waals surface area contributed by atoms with Gasteiger partial charge < -0.3 is 16.4 Å². The van der Waals surface area contributed by atoms with E-state index in [1.807, 2.05) is 20.8 Å². The summed E-state index contributed by atoms with van der Waals surface area (Å²) in [4.78, 5) is 22.6. The minimum absolute atomic E-state index is 0.00365. The lowest BCUT2D eigenvalue weighted by molar-refractivity contribution is 0.0996. The van der Waals surface area contributed by atoms with Crippen molar-refractivity contribution >= 4 is 17.6 Å². The molecule has 6 heteroatoms. The van der Waals surface area contributed by atoms with E-state index in [1.54, 1.807) is 0 Å². The van der Waals surface area contributed by atoms with Gasteiger partial charge in [0.1, 0.15) is 5.82 Å². The highest BCUT2D eigenvalue weighted by molar-refractivity contribution is 5.96. The number of carbonyl (C=O) groups is 2. The Morgan fingerprint density at radius 2 is 1.89 bits per heavy atom. The van der Waals surface area contributed by atoms with Crippen molar-refractivity contribution in [3.05, 3.63) is 29.6 Å². The van der Waals surface area contributed by atoms with Gasteiger partial charge in [0, 0.05) is 11.7 Å². The lowest BCUT2D eigenvalue weighted by Gasteiger charge is -2.18. The van der Waals surface area contributed by atoms with Crippen LogP contribution in [0.2, 0.25) is 0 Å². The summed E-state index contributed by atoms with van der Waals surface area (Å²) in [7, 11) is 0. The van der Waals surface area contributed by atoms with Gasteiger partial charge in [0.2, 0.25) is 0 Å². The molecule has 0 saturated heterocycles. The molecule has 0 bridgehead atoms. The van der Waals surface area contributed by atoms with Gasteiger partial charge in [-0.25, -0.2) is 9.18 Å². The monoisotopic (exact) mass is 267 g/mol. The third kappa shape index (κ3) is 4.24. The van der Waals surface area contributed by atoms with Gasteiger partial charge >= 0.3 is 6.03 Å². The summed E-state index contributed by atoms with van der Waals surface area (Å²) in [5.74, 6) is -1.30. The Kier molecular flexibility index (Phi) is 4.86. The van der Waals surface area contributed by atoms with Crippen molar-refractivity contribution in [1.29, 1.82) is 0 Å². The molecule has 0 spiro atoms. The van der Waals surface area contributed by atoms with E-state index in [0.717, 1.165) is 6.07 Å². The fraction of sp³-hybridized carbons (Fsp3) is 0.385. The average molecular weight is 267 g/mol. The number of benzene rings is 1. The lowest BCUT2D eigenvalue weighted by Crippen LogP contribution is -2.39. The second-order valence-corrected chi connectivity index (χ2v) is 4.69. The van der Waals surface area contributed by atoms with Crippen LogP contribution in [0.5, 0.6) is 0 Å². The fourth-order valence-electron chi connectivity index (χ4n) is 1.33. The molecule has 19 heavy (non-hydrogen) atoms. The van der Waals surface area contributed by atoms with E-state index >= 15 is 0 Å². The number of urea groups is 1. The highest BCUT2D eigenvalue weighted by Crippen LogP contribution is 2.14. The summed E-state index contributed by atoms with van der Waals surface area (Å²) >= 11 is 0. The first kappa shape index (κ1) is 14.9. The number of anilines is 1. The van der Waals surface area contributed by atoms with Gasteiger partial charge in [-0.1, -0.05) is 13.8 Å². The van der Waals surface area contributed by atoms with E-state index in [-0.39, 0.29) is 11.6 Å². The van der Waals surface area contributed by atoms with Gasteiger partial charge in [-0.05, 0) is 31.0 Å². The molecule has 0 aliphatic heterocycles. The Balaban J connectivity index is 2.75. The van der Waals surface area contributed by atoms with Gasteiger partial charge in [-0.3, -0.25) is 4.79 Å². The molecule has 0 radical (unpaired) electrons. The van der Waals surface area contributed by atoms with Crippen LogP contribution in [0.3, 0.4) is 0 Å². The van der Waals surface area contributed by atoms with Crippen LogP contribution in [0.25, 0.3) is 0 Å². The second kappa shape index (κ2) is 6.17. The molecule has 104 valence electrons. The molecule has 1 unspecified atom stereocenters. The number of nitrogens with two attached hydrogens (primary N) is 1. The number of hydrogen-bond acceptors (Lipinski definition) is 2. The number of nitrogens with one attached hydrogen (secondary N) is 2. The normalized spacial score (nSPS) is 12.1. The number of amides is 3. The molecule has 1 rings (SSSR count). The smallest absolute Gasteiger partial charge is 0.319 e. The van der Waals surface area contributed by atoms with Gasteiger partial charge in [0.05, 0.1) is 5.56 Å². The van der Waals surface area contributed by atoms with E-state index in [2.05, 4.69) is 10.6 Å². The van der Waals surface area contributed by atoms with Crippen LogP contribution in [0, 0.1) is 11.7 Å². The molecule has 0 saturated carbocycles. The summed E-state index contributed by atoms with van der Waals surface area (Å²) in [6, 6.07) is 3.24. The SMILES string of the molecule is CC(C)C(C)NC(=O)Nc1ccc(F)c(C(N)=O)c1. The topological polar surface area (TPSA) is 84.2 Å². The van der Waals surface area contributed by atoms with Crippen molar-refractivity contribution in [2.75, 3.05) is 5.32 Å². The molecule has 3 amide bonds. The Morgan fingerprint density at radius 3 is 2.42 bits per heavy atom. The molecule has 0 heterocycles. The van der Waals surface area contributed by atoms with Crippen LogP contribution in [0.4, 0.5) is 14.9 Å². The van der Waals surface area contributed by atoms with Crippen LogP contribution in [0.15, 0.2) is 18.2 Å². The van der Waals surface area contributed by atoms with Crippen LogP contribution in [-0.2, 0) is 0 Å². The van der Waals surface area contributed by atoms with E-state index < -0.39 is 17.8 Å². The Labute approximate surface area is 111 Å². The molecule has 5 nitrogen and oxygen atoms in total. The quantitative estimate of drug-likeness (QED) is 0.780. The molecular weight excluding hydrogens is 249 g/mol.